The topological polar surface area (TPSA) is 32.3 Å². The molecule has 1 aliphatic heterocycles. The van der Waals surface area contributed by atoms with Crippen molar-refractivity contribution < 1.29 is 13.9 Å². The summed E-state index contributed by atoms with van der Waals surface area (Å²) in [7, 11) is 0. The van der Waals surface area contributed by atoms with E-state index in [1.165, 1.54) is 6.07 Å². The van der Waals surface area contributed by atoms with E-state index in [0.29, 0.717) is 5.56 Å². The normalized spacial score (nSPS) is 19.2. The second-order valence-corrected chi connectivity index (χ2v) is 4.54. The highest BCUT2D eigenvalue weighted by atomic mass is 19.1. The number of hydrogen-bond donors (Lipinski definition) is 2. The maximum atomic E-state index is 13.7. The van der Waals surface area contributed by atoms with Crippen LogP contribution in [0.2, 0.25) is 0 Å². The summed E-state index contributed by atoms with van der Waals surface area (Å²) in [6.07, 6.45) is 1.78. The minimum Gasteiger partial charge on any atom is -0.396 e. The molecule has 0 amide bonds. The van der Waals surface area contributed by atoms with Crippen LogP contribution in [0.5, 0.6) is 0 Å². The van der Waals surface area contributed by atoms with Crippen molar-refractivity contribution in [3.63, 3.8) is 0 Å². The maximum absolute atomic E-state index is 13.7. The fourth-order valence-electron chi connectivity index (χ4n) is 2.55. The monoisotopic (exact) mass is 241 g/mol. The Morgan fingerprint density at radius 1 is 1.29 bits per heavy atom. The van der Waals surface area contributed by atoms with Crippen molar-refractivity contribution in [3.8, 4) is 0 Å². The van der Waals surface area contributed by atoms with Crippen LogP contribution in [0.1, 0.15) is 24.3 Å². The first-order chi connectivity index (χ1) is 8.22. The molecule has 17 heavy (non-hydrogen) atoms. The van der Waals surface area contributed by atoms with Gasteiger partial charge in [-0.1, -0.05) is 0 Å². The summed E-state index contributed by atoms with van der Waals surface area (Å²) in [6, 6.07) is 3.45. The number of aliphatic hydroxyl groups is 1. The zero-order valence-corrected chi connectivity index (χ0v) is 9.63. The largest absolute Gasteiger partial charge is 0.396 e. The number of hydrogen-bond acceptors (Lipinski definition) is 2. The highest BCUT2D eigenvalue weighted by Crippen LogP contribution is 2.32. The van der Waals surface area contributed by atoms with E-state index in [-0.39, 0.29) is 18.4 Å². The lowest BCUT2D eigenvalue weighted by molar-refractivity contribution is 0.198. The van der Waals surface area contributed by atoms with Gasteiger partial charge in [0.25, 0.3) is 0 Å². The second-order valence-electron chi connectivity index (χ2n) is 4.54. The third-order valence-corrected chi connectivity index (χ3v) is 3.51. The van der Waals surface area contributed by atoms with Crippen molar-refractivity contribution in [1.82, 2.24) is 5.32 Å². The van der Waals surface area contributed by atoms with Crippen molar-refractivity contribution >= 4 is 0 Å². The highest BCUT2D eigenvalue weighted by Gasteiger charge is 2.26. The van der Waals surface area contributed by atoms with E-state index in [1.54, 1.807) is 0 Å². The molecule has 0 radical (unpaired) electrons. The number of piperidine rings is 1. The van der Waals surface area contributed by atoms with Crippen LogP contribution in [-0.4, -0.2) is 24.8 Å². The smallest absolute Gasteiger partial charge is 0.126 e. The number of rotatable bonds is 3. The van der Waals surface area contributed by atoms with Crippen LogP contribution < -0.4 is 5.32 Å². The first-order valence-corrected chi connectivity index (χ1v) is 5.99. The SMILES string of the molecule is OCC(c1cc(F)ccc1F)C1CCNCC1. The van der Waals surface area contributed by atoms with Crippen LogP contribution >= 0.6 is 0 Å². The molecule has 1 unspecified atom stereocenters. The van der Waals surface area contributed by atoms with Crippen LogP contribution in [0.25, 0.3) is 0 Å². The molecular weight excluding hydrogens is 224 g/mol. The van der Waals surface area contributed by atoms with Gasteiger partial charge in [-0.15, -0.1) is 0 Å². The van der Waals surface area contributed by atoms with Gasteiger partial charge in [-0.05, 0) is 55.6 Å². The van der Waals surface area contributed by atoms with Crippen molar-refractivity contribution in [1.29, 1.82) is 0 Å². The average molecular weight is 241 g/mol. The minimum atomic E-state index is -0.450. The van der Waals surface area contributed by atoms with E-state index in [9.17, 15) is 13.9 Å². The predicted molar refractivity (Wildman–Crippen MR) is 61.8 cm³/mol. The van der Waals surface area contributed by atoms with E-state index < -0.39 is 11.6 Å². The number of aliphatic hydroxyl groups excluding tert-OH is 1. The van der Waals surface area contributed by atoms with Gasteiger partial charge in [0.15, 0.2) is 0 Å². The average Bonchev–Trinajstić information content (AvgIpc) is 2.36. The highest BCUT2D eigenvalue weighted by molar-refractivity contribution is 5.24. The Morgan fingerprint density at radius 3 is 2.65 bits per heavy atom. The van der Waals surface area contributed by atoms with Gasteiger partial charge in [0.05, 0.1) is 6.61 Å². The number of nitrogens with one attached hydrogen (secondary N) is 1. The van der Waals surface area contributed by atoms with Gasteiger partial charge in [0, 0.05) is 5.92 Å². The third-order valence-electron chi connectivity index (χ3n) is 3.51. The van der Waals surface area contributed by atoms with E-state index in [1.807, 2.05) is 0 Å². The zero-order chi connectivity index (χ0) is 12.3. The molecule has 2 rings (SSSR count). The van der Waals surface area contributed by atoms with Crippen LogP contribution in [-0.2, 0) is 0 Å². The van der Waals surface area contributed by atoms with Crippen molar-refractivity contribution in [2.45, 2.75) is 18.8 Å². The van der Waals surface area contributed by atoms with E-state index >= 15 is 0 Å². The molecule has 4 heteroatoms. The quantitative estimate of drug-likeness (QED) is 0.848. The number of benzene rings is 1. The van der Waals surface area contributed by atoms with Crippen molar-refractivity contribution in [2.24, 2.45) is 5.92 Å². The molecule has 1 saturated heterocycles. The molecule has 1 aliphatic rings. The van der Waals surface area contributed by atoms with Crippen LogP contribution in [0.4, 0.5) is 8.78 Å². The lowest BCUT2D eigenvalue weighted by atomic mass is 9.81. The zero-order valence-electron chi connectivity index (χ0n) is 9.63. The standard InChI is InChI=1S/C13H17F2NO/c14-10-1-2-13(15)11(7-10)12(8-17)9-3-5-16-6-4-9/h1-2,7,9,12,16-17H,3-6,8H2. The molecule has 0 aliphatic carbocycles. The van der Waals surface area contributed by atoms with E-state index in [0.717, 1.165) is 38.1 Å². The molecule has 1 aromatic rings. The Labute approximate surface area is 99.7 Å². The molecule has 0 saturated carbocycles. The summed E-state index contributed by atoms with van der Waals surface area (Å²) in [5.41, 5.74) is 0.305. The summed E-state index contributed by atoms with van der Waals surface area (Å²) < 4.78 is 26.8. The fraction of sp³-hybridized carbons (Fsp3) is 0.538. The Kier molecular flexibility index (Phi) is 4.07. The molecule has 2 N–H and O–H groups in total. The second kappa shape index (κ2) is 5.56. The predicted octanol–water partition coefficient (Wildman–Crippen LogP) is 2.04. The summed E-state index contributed by atoms with van der Waals surface area (Å²) in [5, 5.41) is 12.7. The summed E-state index contributed by atoms with van der Waals surface area (Å²) in [6.45, 7) is 1.61. The van der Waals surface area contributed by atoms with Gasteiger partial charge >= 0.3 is 0 Å². The minimum absolute atomic E-state index is 0.134. The molecule has 0 bridgehead atoms. The fourth-order valence-corrected chi connectivity index (χ4v) is 2.55. The summed E-state index contributed by atoms with van der Waals surface area (Å²) in [5.74, 6) is -0.955. The van der Waals surface area contributed by atoms with Gasteiger partial charge in [-0.25, -0.2) is 8.78 Å². The Morgan fingerprint density at radius 2 is 2.00 bits per heavy atom. The van der Waals surface area contributed by atoms with Crippen LogP contribution in [0, 0.1) is 17.6 Å². The van der Waals surface area contributed by atoms with Crippen molar-refractivity contribution in [3.05, 3.63) is 35.4 Å². The Bertz CT molecular complexity index is 378. The lowest BCUT2D eigenvalue weighted by Crippen LogP contribution is -2.32. The summed E-state index contributed by atoms with van der Waals surface area (Å²) >= 11 is 0. The molecular formula is C13H17F2NO. The molecule has 1 aromatic carbocycles. The van der Waals surface area contributed by atoms with Gasteiger partial charge in [0.1, 0.15) is 11.6 Å². The lowest BCUT2D eigenvalue weighted by Gasteiger charge is -2.30. The molecule has 1 heterocycles. The van der Waals surface area contributed by atoms with Crippen molar-refractivity contribution in [2.75, 3.05) is 19.7 Å². The summed E-state index contributed by atoms with van der Waals surface area (Å²) in [4.78, 5) is 0. The number of halogens is 2. The molecule has 0 aromatic heterocycles. The third kappa shape index (κ3) is 2.82. The first-order valence-electron chi connectivity index (χ1n) is 5.99. The van der Waals surface area contributed by atoms with Gasteiger partial charge in [-0.2, -0.15) is 0 Å². The van der Waals surface area contributed by atoms with Gasteiger partial charge < -0.3 is 10.4 Å². The maximum Gasteiger partial charge on any atom is 0.126 e. The Hall–Kier alpha value is -1.00. The molecule has 0 spiro atoms. The van der Waals surface area contributed by atoms with Gasteiger partial charge in [0.2, 0.25) is 0 Å². The molecule has 94 valence electrons. The van der Waals surface area contributed by atoms with E-state index in [2.05, 4.69) is 5.32 Å². The van der Waals surface area contributed by atoms with Crippen LogP contribution in [0.15, 0.2) is 18.2 Å². The van der Waals surface area contributed by atoms with E-state index in [4.69, 9.17) is 0 Å². The molecule has 2 nitrogen and oxygen atoms in total. The molecule has 1 atom stereocenters. The molecule has 1 fully saturated rings. The van der Waals surface area contributed by atoms with Crippen LogP contribution in [0.3, 0.4) is 0 Å². The Balaban J connectivity index is 2.24. The van der Waals surface area contributed by atoms with Gasteiger partial charge in [-0.3, -0.25) is 0 Å². The first kappa shape index (κ1) is 12.5.